The van der Waals surface area contributed by atoms with Crippen LogP contribution in [0.5, 0.6) is 0 Å². The molecule has 1 N–H and O–H groups in total. The molecule has 3 nitrogen and oxygen atoms in total. The number of rotatable bonds is 6. The minimum Gasteiger partial charge on any atom is -0.352 e. The van der Waals surface area contributed by atoms with Crippen LogP contribution in [0.15, 0.2) is 0 Å². The molecule has 0 aliphatic carbocycles. The number of nitrogens with one attached hydrogen (secondary N) is 1. The summed E-state index contributed by atoms with van der Waals surface area (Å²) in [5.41, 5.74) is 0.0716. The van der Waals surface area contributed by atoms with E-state index in [0.29, 0.717) is 5.92 Å². The van der Waals surface area contributed by atoms with Gasteiger partial charge in [0, 0.05) is 18.5 Å². The van der Waals surface area contributed by atoms with E-state index >= 15 is 0 Å². The van der Waals surface area contributed by atoms with Gasteiger partial charge in [0.2, 0.25) is 5.91 Å². The lowest BCUT2D eigenvalue weighted by molar-refractivity contribution is -0.126. The zero-order valence-corrected chi connectivity index (χ0v) is 12.8. The Balaban J connectivity index is 4.78. The van der Waals surface area contributed by atoms with Crippen molar-refractivity contribution in [2.75, 3.05) is 20.6 Å². The fourth-order valence-corrected chi connectivity index (χ4v) is 2.50. The molecule has 0 rings (SSSR count). The number of amides is 1. The molecule has 0 saturated heterocycles. The molecule has 0 aromatic rings. The predicted octanol–water partition coefficient (Wildman–Crippen LogP) is 2.37. The highest BCUT2D eigenvalue weighted by molar-refractivity contribution is 5.78. The van der Waals surface area contributed by atoms with E-state index in [4.69, 9.17) is 0 Å². The van der Waals surface area contributed by atoms with Gasteiger partial charge < -0.3 is 10.2 Å². The highest BCUT2D eigenvalue weighted by atomic mass is 16.1. The summed E-state index contributed by atoms with van der Waals surface area (Å²) in [6, 6.07) is 0.208. The van der Waals surface area contributed by atoms with Crippen LogP contribution in [-0.4, -0.2) is 37.5 Å². The first-order valence-electron chi connectivity index (χ1n) is 6.53. The third-order valence-electron chi connectivity index (χ3n) is 3.05. The molecule has 0 spiro atoms. The van der Waals surface area contributed by atoms with Crippen molar-refractivity contribution in [3.05, 3.63) is 0 Å². The molecule has 3 heteroatoms. The molecule has 0 fully saturated rings. The van der Waals surface area contributed by atoms with Crippen molar-refractivity contribution in [1.82, 2.24) is 10.2 Å². The molecule has 1 amide bonds. The molecule has 0 aliphatic heterocycles. The van der Waals surface area contributed by atoms with Crippen molar-refractivity contribution in [3.63, 3.8) is 0 Å². The first kappa shape index (κ1) is 16.4. The second-order valence-corrected chi connectivity index (χ2v) is 6.61. The van der Waals surface area contributed by atoms with Gasteiger partial charge in [0.1, 0.15) is 0 Å². The van der Waals surface area contributed by atoms with Crippen LogP contribution in [0.1, 0.15) is 41.5 Å². The molecule has 0 heterocycles. The zero-order valence-electron chi connectivity index (χ0n) is 12.8. The Hall–Kier alpha value is -0.570. The Bertz CT molecular complexity index is 245. The molecule has 0 saturated carbocycles. The van der Waals surface area contributed by atoms with Gasteiger partial charge in [-0.1, -0.05) is 41.5 Å². The minimum absolute atomic E-state index is 0.0476. The van der Waals surface area contributed by atoms with E-state index in [9.17, 15) is 4.79 Å². The molecule has 1 atom stereocenters. The van der Waals surface area contributed by atoms with Crippen molar-refractivity contribution in [2.45, 2.75) is 47.6 Å². The van der Waals surface area contributed by atoms with Gasteiger partial charge in [0.15, 0.2) is 0 Å². The average molecular weight is 242 g/mol. The molecule has 0 aromatic carbocycles. The second-order valence-electron chi connectivity index (χ2n) is 6.61. The van der Waals surface area contributed by atoms with Gasteiger partial charge in [-0.2, -0.15) is 0 Å². The summed E-state index contributed by atoms with van der Waals surface area (Å²) >= 11 is 0. The second kappa shape index (κ2) is 6.39. The zero-order chi connectivity index (χ0) is 13.8. The van der Waals surface area contributed by atoms with Gasteiger partial charge in [0.25, 0.3) is 0 Å². The van der Waals surface area contributed by atoms with Crippen LogP contribution in [0.2, 0.25) is 0 Å². The molecule has 102 valence electrons. The SMILES string of the molecule is CC(C)C(=O)NC(C(C)C)C(C)(C)CN(C)C. The van der Waals surface area contributed by atoms with Gasteiger partial charge in [0.05, 0.1) is 0 Å². The van der Waals surface area contributed by atoms with Crippen LogP contribution in [0.25, 0.3) is 0 Å². The van der Waals surface area contributed by atoms with E-state index in [1.54, 1.807) is 0 Å². The van der Waals surface area contributed by atoms with Crippen LogP contribution in [0.4, 0.5) is 0 Å². The van der Waals surface area contributed by atoms with Gasteiger partial charge in [-0.3, -0.25) is 4.79 Å². The van der Waals surface area contributed by atoms with Gasteiger partial charge in [-0.25, -0.2) is 0 Å². The van der Waals surface area contributed by atoms with Gasteiger partial charge in [-0.15, -0.1) is 0 Å². The monoisotopic (exact) mass is 242 g/mol. The number of nitrogens with zero attached hydrogens (tertiary/aromatic N) is 1. The summed E-state index contributed by atoms with van der Waals surface area (Å²) in [7, 11) is 4.15. The third-order valence-corrected chi connectivity index (χ3v) is 3.05. The van der Waals surface area contributed by atoms with Crippen molar-refractivity contribution in [1.29, 1.82) is 0 Å². The number of hydrogen-bond acceptors (Lipinski definition) is 2. The summed E-state index contributed by atoms with van der Waals surface area (Å²) in [4.78, 5) is 14.0. The Kier molecular flexibility index (Phi) is 6.17. The van der Waals surface area contributed by atoms with E-state index in [-0.39, 0.29) is 23.3 Å². The molecule has 0 aliphatic rings. The molecule has 0 bridgehead atoms. The molecule has 1 unspecified atom stereocenters. The normalized spacial score (nSPS) is 14.5. The Morgan fingerprint density at radius 2 is 1.65 bits per heavy atom. The van der Waals surface area contributed by atoms with E-state index in [1.165, 1.54) is 0 Å². The van der Waals surface area contributed by atoms with Crippen LogP contribution in [0.3, 0.4) is 0 Å². The van der Waals surface area contributed by atoms with Crippen molar-refractivity contribution < 1.29 is 4.79 Å². The Morgan fingerprint density at radius 1 is 1.18 bits per heavy atom. The fraction of sp³-hybridized carbons (Fsp3) is 0.929. The molecule has 0 aromatic heterocycles. The first-order valence-corrected chi connectivity index (χ1v) is 6.53. The highest BCUT2D eigenvalue weighted by Crippen LogP contribution is 2.27. The number of hydrogen-bond donors (Lipinski definition) is 1. The summed E-state index contributed by atoms with van der Waals surface area (Å²) in [5, 5.41) is 3.20. The topological polar surface area (TPSA) is 32.3 Å². The van der Waals surface area contributed by atoms with Crippen molar-refractivity contribution in [2.24, 2.45) is 17.3 Å². The Morgan fingerprint density at radius 3 is 1.94 bits per heavy atom. The van der Waals surface area contributed by atoms with E-state index in [2.05, 4.69) is 52.0 Å². The van der Waals surface area contributed by atoms with E-state index in [0.717, 1.165) is 6.54 Å². The largest absolute Gasteiger partial charge is 0.352 e. The maximum Gasteiger partial charge on any atom is 0.222 e. The van der Waals surface area contributed by atoms with Gasteiger partial charge in [-0.05, 0) is 25.4 Å². The van der Waals surface area contributed by atoms with Crippen LogP contribution >= 0.6 is 0 Å². The molecule has 17 heavy (non-hydrogen) atoms. The van der Waals surface area contributed by atoms with Crippen LogP contribution in [0, 0.1) is 17.3 Å². The quantitative estimate of drug-likeness (QED) is 0.775. The lowest BCUT2D eigenvalue weighted by Gasteiger charge is -2.39. The lowest BCUT2D eigenvalue weighted by Crippen LogP contribution is -2.52. The third kappa shape index (κ3) is 5.53. The minimum atomic E-state index is 0.0476. The summed E-state index contributed by atoms with van der Waals surface area (Å²) in [6.07, 6.45) is 0. The summed E-state index contributed by atoms with van der Waals surface area (Å²) in [6.45, 7) is 13.6. The molecular formula is C14H30N2O. The lowest BCUT2D eigenvalue weighted by atomic mass is 9.78. The standard InChI is InChI=1S/C14H30N2O/c1-10(2)12(15-13(17)11(3)4)14(5,6)9-16(7)8/h10-12H,9H2,1-8H3,(H,15,17). The van der Waals surface area contributed by atoms with Crippen molar-refractivity contribution in [3.8, 4) is 0 Å². The predicted molar refractivity (Wildman–Crippen MR) is 73.9 cm³/mol. The van der Waals surface area contributed by atoms with E-state index < -0.39 is 0 Å². The van der Waals surface area contributed by atoms with E-state index in [1.807, 2.05) is 13.8 Å². The molecule has 0 radical (unpaired) electrons. The maximum atomic E-state index is 11.9. The first-order chi connectivity index (χ1) is 7.58. The number of carbonyl (C=O) groups excluding carboxylic acids is 1. The smallest absolute Gasteiger partial charge is 0.222 e. The summed E-state index contributed by atoms with van der Waals surface area (Å²) < 4.78 is 0. The van der Waals surface area contributed by atoms with Crippen molar-refractivity contribution >= 4 is 5.91 Å². The average Bonchev–Trinajstić information content (AvgIpc) is 2.10. The highest BCUT2D eigenvalue weighted by Gasteiger charge is 2.33. The number of carbonyl (C=O) groups is 1. The summed E-state index contributed by atoms with van der Waals surface area (Å²) in [5.74, 6) is 0.634. The van der Waals surface area contributed by atoms with Crippen LogP contribution in [-0.2, 0) is 4.79 Å². The fourth-order valence-electron chi connectivity index (χ4n) is 2.50. The maximum absolute atomic E-state index is 11.9. The Labute approximate surface area is 107 Å². The molecular weight excluding hydrogens is 212 g/mol. The van der Waals surface area contributed by atoms with Crippen LogP contribution < -0.4 is 5.32 Å². The van der Waals surface area contributed by atoms with Gasteiger partial charge >= 0.3 is 0 Å².